The summed E-state index contributed by atoms with van der Waals surface area (Å²) in [7, 11) is 1.50. The van der Waals surface area contributed by atoms with Gasteiger partial charge in [-0.2, -0.15) is 0 Å². The van der Waals surface area contributed by atoms with Gasteiger partial charge in [0.05, 0.1) is 25.8 Å². The van der Waals surface area contributed by atoms with Gasteiger partial charge in [0.15, 0.2) is 0 Å². The maximum Gasteiger partial charge on any atom is 0.262 e. The third-order valence-corrected chi connectivity index (χ3v) is 5.57. The van der Waals surface area contributed by atoms with Crippen molar-refractivity contribution in [3.05, 3.63) is 88.4 Å². The van der Waals surface area contributed by atoms with Gasteiger partial charge in [0, 0.05) is 23.1 Å². The molecule has 0 bridgehead atoms. The van der Waals surface area contributed by atoms with E-state index in [0.717, 1.165) is 10.9 Å². The molecule has 0 saturated carbocycles. The predicted molar refractivity (Wildman–Crippen MR) is 132 cm³/mol. The van der Waals surface area contributed by atoms with Crippen LogP contribution in [0.2, 0.25) is 0 Å². The van der Waals surface area contributed by atoms with Crippen molar-refractivity contribution < 1.29 is 23.7 Å². The van der Waals surface area contributed by atoms with Gasteiger partial charge >= 0.3 is 0 Å². The summed E-state index contributed by atoms with van der Waals surface area (Å²) in [6.07, 6.45) is 0. The van der Waals surface area contributed by atoms with Gasteiger partial charge in [-0.1, -0.05) is 30.3 Å². The molecule has 5 aromatic rings. The lowest BCUT2D eigenvalue weighted by atomic mass is 10.1. The van der Waals surface area contributed by atoms with Gasteiger partial charge in [-0.15, -0.1) is 0 Å². The third-order valence-electron chi connectivity index (χ3n) is 5.57. The first kappa shape index (κ1) is 22.6. The molecule has 8 heteroatoms. The molecular weight excluding hydrogens is 448 g/mol. The van der Waals surface area contributed by atoms with Crippen LogP contribution < -0.4 is 15.0 Å². The standard InChI is InChI=1S/C27H24N2O6/c1-32-24-14-20(34-10-9-33-16-17-5-3-2-4-6-17)13-22-25(24)27(31)29-26(28-22)18-7-8-23-19(11-18)12-21(15-30)35-23/h2-8,11-14,30H,9-10,15-16H2,1H3,(H,28,29,31). The minimum absolute atomic E-state index is 0.186. The second-order valence-corrected chi connectivity index (χ2v) is 7.94. The van der Waals surface area contributed by atoms with E-state index >= 15 is 0 Å². The van der Waals surface area contributed by atoms with Crippen molar-refractivity contribution in [2.45, 2.75) is 13.2 Å². The van der Waals surface area contributed by atoms with Gasteiger partial charge < -0.3 is 28.7 Å². The fraction of sp³-hybridized carbons (Fsp3) is 0.185. The first-order chi connectivity index (χ1) is 17.1. The summed E-state index contributed by atoms with van der Waals surface area (Å²) in [4.78, 5) is 20.4. The zero-order chi connectivity index (χ0) is 24.2. The first-order valence-electron chi connectivity index (χ1n) is 11.1. The number of nitrogens with zero attached hydrogens (tertiary/aromatic N) is 1. The fourth-order valence-corrected chi connectivity index (χ4v) is 3.90. The van der Waals surface area contributed by atoms with Crippen molar-refractivity contribution in [3.63, 3.8) is 0 Å². The van der Waals surface area contributed by atoms with Crippen molar-refractivity contribution in [1.82, 2.24) is 9.97 Å². The van der Waals surface area contributed by atoms with E-state index < -0.39 is 0 Å². The largest absolute Gasteiger partial charge is 0.496 e. The van der Waals surface area contributed by atoms with Crippen LogP contribution in [0.4, 0.5) is 0 Å². The fourth-order valence-electron chi connectivity index (χ4n) is 3.90. The lowest BCUT2D eigenvalue weighted by molar-refractivity contribution is 0.0889. The Kier molecular flexibility index (Phi) is 6.47. The Morgan fingerprint density at radius 1 is 1.03 bits per heavy atom. The molecule has 0 aliphatic heterocycles. The summed E-state index contributed by atoms with van der Waals surface area (Å²) in [5.74, 6) is 1.78. The molecule has 0 atom stereocenters. The SMILES string of the molecule is COc1cc(OCCOCc2ccccc2)cc2nc(-c3ccc4oc(CO)cc4c3)[nH]c(=O)c12. The number of furan rings is 1. The zero-order valence-corrected chi connectivity index (χ0v) is 19.1. The maximum atomic E-state index is 12.9. The highest BCUT2D eigenvalue weighted by Gasteiger charge is 2.14. The first-order valence-corrected chi connectivity index (χ1v) is 11.1. The van der Waals surface area contributed by atoms with Crippen LogP contribution in [0.1, 0.15) is 11.3 Å². The van der Waals surface area contributed by atoms with E-state index in [0.29, 0.717) is 65.0 Å². The minimum Gasteiger partial charge on any atom is -0.496 e. The van der Waals surface area contributed by atoms with Gasteiger partial charge in [0.1, 0.15) is 47.3 Å². The molecule has 0 fully saturated rings. The minimum atomic E-state index is -0.317. The molecule has 0 spiro atoms. The average Bonchev–Trinajstić information content (AvgIpc) is 3.31. The van der Waals surface area contributed by atoms with Crippen LogP contribution in [0, 0.1) is 0 Å². The topological polar surface area (TPSA) is 107 Å². The number of aromatic amines is 1. The number of fused-ring (bicyclic) bond motifs is 2. The molecule has 178 valence electrons. The van der Waals surface area contributed by atoms with E-state index in [-0.39, 0.29) is 12.2 Å². The smallest absolute Gasteiger partial charge is 0.262 e. The van der Waals surface area contributed by atoms with Gasteiger partial charge in [0.2, 0.25) is 0 Å². The van der Waals surface area contributed by atoms with Crippen LogP contribution in [0.25, 0.3) is 33.3 Å². The molecule has 0 radical (unpaired) electrons. The molecule has 0 aliphatic rings. The van der Waals surface area contributed by atoms with E-state index in [1.807, 2.05) is 36.4 Å². The number of rotatable bonds is 9. The number of aliphatic hydroxyl groups is 1. The molecule has 0 aliphatic carbocycles. The molecule has 0 unspecified atom stereocenters. The summed E-state index contributed by atoms with van der Waals surface area (Å²) in [6, 6.07) is 20.5. The number of aromatic nitrogens is 2. The number of benzene rings is 3. The number of methoxy groups -OCH3 is 1. The highest BCUT2D eigenvalue weighted by atomic mass is 16.5. The highest BCUT2D eigenvalue weighted by Crippen LogP contribution is 2.30. The molecular formula is C27H24N2O6. The van der Waals surface area contributed by atoms with Gasteiger partial charge in [0.25, 0.3) is 5.56 Å². The van der Waals surface area contributed by atoms with Crippen LogP contribution in [0.15, 0.2) is 75.9 Å². The van der Waals surface area contributed by atoms with Crippen molar-refractivity contribution in [1.29, 1.82) is 0 Å². The van der Waals surface area contributed by atoms with Crippen LogP contribution in [0.5, 0.6) is 11.5 Å². The average molecular weight is 472 g/mol. The summed E-state index contributed by atoms with van der Waals surface area (Å²) in [5.41, 5.74) is 2.58. The normalized spacial score (nSPS) is 11.3. The number of hydrogen-bond acceptors (Lipinski definition) is 7. The molecule has 8 nitrogen and oxygen atoms in total. The van der Waals surface area contributed by atoms with Gasteiger partial charge in [-0.05, 0) is 29.8 Å². The van der Waals surface area contributed by atoms with E-state index in [1.165, 1.54) is 7.11 Å². The van der Waals surface area contributed by atoms with Crippen molar-refractivity contribution in [3.8, 4) is 22.9 Å². The quantitative estimate of drug-likeness (QED) is 0.306. The molecule has 5 rings (SSSR count). The molecule has 2 heterocycles. The highest BCUT2D eigenvalue weighted by molar-refractivity contribution is 5.88. The molecule has 0 amide bonds. The van der Waals surface area contributed by atoms with E-state index in [1.54, 1.807) is 30.3 Å². The Bertz CT molecular complexity index is 1520. The Morgan fingerprint density at radius 2 is 1.89 bits per heavy atom. The van der Waals surface area contributed by atoms with E-state index in [4.69, 9.17) is 18.6 Å². The van der Waals surface area contributed by atoms with E-state index in [9.17, 15) is 9.90 Å². The zero-order valence-electron chi connectivity index (χ0n) is 19.1. The number of nitrogens with one attached hydrogen (secondary N) is 1. The van der Waals surface area contributed by atoms with Crippen LogP contribution >= 0.6 is 0 Å². The predicted octanol–water partition coefficient (Wildman–Crippen LogP) is 4.43. The van der Waals surface area contributed by atoms with E-state index in [2.05, 4.69) is 9.97 Å². The summed E-state index contributed by atoms with van der Waals surface area (Å²) >= 11 is 0. The Morgan fingerprint density at radius 3 is 2.69 bits per heavy atom. The van der Waals surface area contributed by atoms with Crippen molar-refractivity contribution in [2.24, 2.45) is 0 Å². The molecule has 2 N–H and O–H groups in total. The van der Waals surface area contributed by atoms with Crippen LogP contribution in [-0.4, -0.2) is 35.4 Å². The summed E-state index contributed by atoms with van der Waals surface area (Å²) in [6.45, 7) is 1.06. The van der Waals surface area contributed by atoms with Gasteiger partial charge in [-0.25, -0.2) is 4.98 Å². The second kappa shape index (κ2) is 10.0. The van der Waals surface area contributed by atoms with Crippen molar-refractivity contribution >= 4 is 21.9 Å². The number of H-pyrrole nitrogens is 1. The summed E-state index contributed by atoms with van der Waals surface area (Å²) < 4.78 is 22.5. The monoisotopic (exact) mass is 472 g/mol. The Labute approximate surface area is 200 Å². The maximum absolute atomic E-state index is 12.9. The van der Waals surface area contributed by atoms with Crippen molar-refractivity contribution in [2.75, 3.05) is 20.3 Å². The Balaban J connectivity index is 1.38. The van der Waals surface area contributed by atoms with Gasteiger partial charge in [-0.3, -0.25) is 4.79 Å². The number of ether oxygens (including phenoxy) is 3. The van der Waals surface area contributed by atoms with Crippen LogP contribution in [0.3, 0.4) is 0 Å². The second-order valence-electron chi connectivity index (χ2n) is 7.94. The molecule has 0 saturated heterocycles. The summed E-state index contributed by atoms with van der Waals surface area (Å²) in [5, 5.41) is 10.5. The van der Waals surface area contributed by atoms with Crippen LogP contribution in [-0.2, 0) is 18.0 Å². The number of hydrogen-bond donors (Lipinski definition) is 2. The lowest BCUT2D eigenvalue weighted by Crippen LogP contribution is -2.12. The third kappa shape index (κ3) is 4.89. The Hall–Kier alpha value is -4.14. The molecule has 3 aromatic carbocycles. The molecule has 35 heavy (non-hydrogen) atoms. The number of aliphatic hydroxyl groups excluding tert-OH is 1. The lowest BCUT2D eigenvalue weighted by Gasteiger charge is -2.11. The molecule has 2 aromatic heterocycles.